The van der Waals surface area contributed by atoms with Crippen LogP contribution in [0.1, 0.15) is 19.6 Å². The highest BCUT2D eigenvalue weighted by Crippen LogP contribution is 2.28. The summed E-state index contributed by atoms with van der Waals surface area (Å²) >= 11 is 0. The molecule has 2 aromatic rings. The first-order chi connectivity index (χ1) is 11.0. The molecule has 0 aliphatic rings. The third-order valence-electron chi connectivity index (χ3n) is 2.95. The number of non-ortho nitro benzene ring substituents is 1. The van der Waals surface area contributed by atoms with Crippen molar-refractivity contribution >= 4 is 17.5 Å². The Morgan fingerprint density at radius 3 is 2.91 bits per heavy atom. The van der Waals surface area contributed by atoms with Crippen LogP contribution in [-0.4, -0.2) is 23.3 Å². The van der Waals surface area contributed by atoms with Crippen molar-refractivity contribution in [2.75, 3.05) is 6.61 Å². The minimum atomic E-state index is -0.671. The first kappa shape index (κ1) is 16.2. The molecule has 0 saturated heterocycles. The normalized spacial score (nSPS) is 11.1. The van der Waals surface area contributed by atoms with Gasteiger partial charge >= 0.3 is 6.09 Å². The molecule has 0 fully saturated rings. The predicted molar refractivity (Wildman–Crippen MR) is 83.2 cm³/mol. The van der Waals surface area contributed by atoms with E-state index in [-0.39, 0.29) is 12.3 Å². The van der Waals surface area contributed by atoms with Gasteiger partial charge in [-0.1, -0.05) is 12.1 Å². The largest absolute Gasteiger partial charge is 0.462 e. The Balaban J connectivity index is 2.29. The zero-order valence-corrected chi connectivity index (χ0v) is 12.6. The van der Waals surface area contributed by atoms with Gasteiger partial charge in [0.2, 0.25) is 0 Å². The topological polar surface area (TPSA) is 107 Å². The molecule has 8 heteroatoms. The quantitative estimate of drug-likeness (QED) is 0.517. The van der Waals surface area contributed by atoms with E-state index in [1.807, 2.05) is 0 Å². The van der Waals surface area contributed by atoms with Crippen LogP contribution in [0.3, 0.4) is 0 Å². The molecule has 0 bridgehead atoms. The molecule has 0 saturated carbocycles. The summed E-state index contributed by atoms with van der Waals surface area (Å²) in [5.74, 6) is 0.405. The van der Waals surface area contributed by atoms with Gasteiger partial charge in [0.15, 0.2) is 5.76 Å². The van der Waals surface area contributed by atoms with Crippen LogP contribution >= 0.6 is 0 Å². The number of benzene rings is 1. The van der Waals surface area contributed by atoms with Crippen LogP contribution in [0.4, 0.5) is 10.5 Å². The molecule has 1 aromatic heterocycles. The number of nitro groups is 1. The second-order valence-corrected chi connectivity index (χ2v) is 4.50. The Bertz CT molecular complexity index is 751. The number of carbonyl (C=O) groups excluding carboxylic acids is 1. The van der Waals surface area contributed by atoms with Crippen LogP contribution in [0, 0.1) is 10.1 Å². The fourth-order valence-corrected chi connectivity index (χ4v) is 1.95. The summed E-state index contributed by atoms with van der Waals surface area (Å²) in [7, 11) is 0. The van der Waals surface area contributed by atoms with Crippen LogP contribution in [0.2, 0.25) is 0 Å². The highest BCUT2D eigenvalue weighted by molar-refractivity contribution is 6.02. The lowest BCUT2D eigenvalue weighted by molar-refractivity contribution is -0.384. The Labute approximate surface area is 131 Å². The molecule has 0 aliphatic carbocycles. The summed E-state index contributed by atoms with van der Waals surface area (Å²) in [6.07, 6.45) is 0.780. The van der Waals surface area contributed by atoms with Gasteiger partial charge in [-0.15, -0.1) is 0 Å². The molecule has 0 unspecified atom stereocenters. The molecule has 120 valence electrons. The molecule has 23 heavy (non-hydrogen) atoms. The van der Waals surface area contributed by atoms with Gasteiger partial charge in [0.05, 0.1) is 17.8 Å². The predicted octanol–water partition coefficient (Wildman–Crippen LogP) is 3.32. The van der Waals surface area contributed by atoms with Crippen LogP contribution in [-0.2, 0) is 4.74 Å². The summed E-state index contributed by atoms with van der Waals surface area (Å²) in [5.41, 5.74) is 3.88. The zero-order chi connectivity index (χ0) is 16.8. The van der Waals surface area contributed by atoms with Crippen molar-refractivity contribution < 1.29 is 18.9 Å². The Morgan fingerprint density at radius 2 is 2.22 bits per heavy atom. The van der Waals surface area contributed by atoms with E-state index in [0.717, 1.165) is 0 Å². The van der Waals surface area contributed by atoms with E-state index >= 15 is 0 Å². The molecule has 0 aliphatic heterocycles. The van der Waals surface area contributed by atoms with Crippen molar-refractivity contribution in [3.8, 4) is 11.1 Å². The first-order valence-corrected chi connectivity index (χ1v) is 6.82. The SMILES string of the molecule is CCOC(=O)NN=C(C)c1occc1-c1cccc([N+](=O)[O-])c1. The van der Waals surface area contributed by atoms with Crippen molar-refractivity contribution in [2.45, 2.75) is 13.8 Å². The highest BCUT2D eigenvalue weighted by atomic mass is 16.6. The molecule has 2 rings (SSSR count). The second kappa shape index (κ2) is 7.21. The van der Waals surface area contributed by atoms with Crippen LogP contribution in [0.25, 0.3) is 11.1 Å². The fourth-order valence-electron chi connectivity index (χ4n) is 1.95. The van der Waals surface area contributed by atoms with E-state index in [4.69, 9.17) is 9.15 Å². The van der Waals surface area contributed by atoms with Gasteiger partial charge in [0.25, 0.3) is 5.69 Å². The maximum absolute atomic E-state index is 11.2. The molecule has 1 N–H and O–H groups in total. The molecular weight excluding hydrogens is 302 g/mol. The Kier molecular flexibility index (Phi) is 5.08. The highest BCUT2D eigenvalue weighted by Gasteiger charge is 2.15. The molecule has 8 nitrogen and oxygen atoms in total. The molecular formula is C15H15N3O5. The zero-order valence-electron chi connectivity index (χ0n) is 12.6. The number of rotatable bonds is 5. The van der Waals surface area contributed by atoms with E-state index in [2.05, 4.69) is 10.5 Å². The summed E-state index contributed by atoms with van der Waals surface area (Å²) in [6, 6.07) is 7.85. The summed E-state index contributed by atoms with van der Waals surface area (Å²) in [4.78, 5) is 21.7. The van der Waals surface area contributed by atoms with E-state index in [9.17, 15) is 14.9 Å². The Morgan fingerprint density at radius 1 is 1.43 bits per heavy atom. The standard InChI is InChI=1S/C15H15N3O5/c1-3-22-15(19)17-16-10(2)14-13(7-8-23-14)11-5-4-6-12(9-11)18(20)21/h4-9H,3H2,1-2H3,(H,17,19). The summed E-state index contributed by atoms with van der Waals surface area (Å²) in [5, 5.41) is 14.8. The summed E-state index contributed by atoms with van der Waals surface area (Å²) < 4.78 is 10.1. The number of ether oxygens (including phenoxy) is 1. The number of carbonyl (C=O) groups is 1. The van der Waals surface area contributed by atoms with Gasteiger partial charge in [-0.05, 0) is 25.5 Å². The van der Waals surface area contributed by atoms with Crippen LogP contribution in [0.5, 0.6) is 0 Å². The van der Waals surface area contributed by atoms with Crippen LogP contribution in [0.15, 0.2) is 46.1 Å². The van der Waals surface area contributed by atoms with Gasteiger partial charge in [-0.2, -0.15) is 5.10 Å². The summed E-state index contributed by atoms with van der Waals surface area (Å²) in [6.45, 7) is 3.56. The van der Waals surface area contributed by atoms with Crippen molar-refractivity contribution in [1.82, 2.24) is 5.43 Å². The van der Waals surface area contributed by atoms with E-state index < -0.39 is 11.0 Å². The van der Waals surface area contributed by atoms with Gasteiger partial charge in [0.1, 0.15) is 5.71 Å². The molecule has 1 amide bonds. The minimum Gasteiger partial charge on any atom is -0.462 e. The molecule has 1 heterocycles. The number of nitrogens with one attached hydrogen (secondary N) is 1. The lowest BCUT2D eigenvalue weighted by atomic mass is 10.0. The van der Waals surface area contributed by atoms with Crippen LogP contribution < -0.4 is 5.43 Å². The lowest BCUT2D eigenvalue weighted by Gasteiger charge is -2.04. The molecule has 0 spiro atoms. The lowest BCUT2D eigenvalue weighted by Crippen LogP contribution is -2.20. The number of nitro benzene ring substituents is 1. The minimum absolute atomic E-state index is 0.0195. The first-order valence-electron chi connectivity index (χ1n) is 6.82. The van der Waals surface area contributed by atoms with Crippen molar-refractivity contribution in [3.63, 3.8) is 0 Å². The monoisotopic (exact) mass is 317 g/mol. The second-order valence-electron chi connectivity index (χ2n) is 4.50. The van der Waals surface area contributed by atoms with Crippen molar-refractivity contribution in [1.29, 1.82) is 0 Å². The van der Waals surface area contributed by atoms with E-state index in [1.165, 1.54) is 18.4 Å². The molecule has 0 atom stereocenters. The van der Waals surface area contributed by atoms with Crippen molar-refractivity contribution in [3.05, 3.63) is 52.5 Å². The molecule has 1 aromatic carbocycles. The van der Waals surface area contributed by atoms with Crippen molar-refractivity contribution in [2.24, 2.45) is 5.10 Å². The van der Waals surface area contributed by atoms with Gasteiger partial charge in [-0.25, -0.2) is 10.2 Å². The maximum Gasteiger partial charge on any atom is 0.427 e. The molecule has 0 radical (unpaired) electrons. The number of nitrogens with zero attached hydrogens (tertiary/aromatic N) is 2. The van der Waals surface area contributed by atoms with E-state index in [0.29, 0.717) is 22.6 Å². The Hall–Kier alpha value is -3.16. The fraction of sp³-hybridized carbons (Fsp3) is 0.200. The number of hydrazone groups is 1. The van der Waals surface area contributed by atoms with Gasteiger partial charge < -0.3 is 9.15 Å². The maximum atomic E-state index is 11.2. The number of hydrogen-bond acceptors (Lipinski definition) is 6. The third-order valence-corrected chi connectivity index (χ3v) is 2.95. The average molecular weight is 317 g/mol. The number of hydrogen-bond donors (Lipinski definition) is 1. The third kappa shape index (κ3) is 3.94. The number of furan rings is 1. The number of amides is 1. The van der Waals surface area contributed by atoms with Gasteiger partial charge in [0, 0.05) is 17.7 Å². The van der Waals surface area contributed by atoms with Gasteiger partial charge in [-0.3, -0.25) is 10.1 Å². The van der Waals surface area contributed by atoms with E-state index in [1.54, 1.807) is 32.0 Å². The average Bonchev–Trinajstić information content (AvgIpc) is 3.02. The smallest absolute Gasteiger partial charge is 0.427 e.